The number of carbonyl (C=O) groups excluding carboxylic acids is 3. The second-order valence-electron chi connectivity index (χ2n) is 3.10. The molecule has 90 valence electrons. The van der Waals surface area contributed by atoms with Crippen LogP contribution in [-0.4, -0.2) is 59.4 Å². The molecule has 1 aliphatic heterocycles. The summed E-state index contributed by atoms with van der Waals surface area (Å²) < 4.78 is 9.02. The van der Waals surface area contributed by atoms with Crippen LogP contribution in [0.1, 0.15) is 0 Å². The SMILES string of the molecule is NCC(=O)OC1C(=O)C(=O)O[C@@H]1[C@@H](O)CO. The van der Waals surface area contributed by atoms with Gasteiger partial charge in [0.05, 0.1) is 13.2 Å². The molecule has 16 heavy (non-hydrogen) atoms. The molecule has 0 aliphatic carbocycles. The summed E-state index contributed by atoms with van der Waals surface area (Å²) in [6.45, 7) is -1.21. The van der Waals surface area contributed by atoms with E-state index in [9.17, 15) is 19.5 Å². The fraction of sp³-hybridized carbons (Fsp3) is 0.625. The minimum absolute atomic E-state index is 0.472. The Morgan fingerprint density at radius 1 is 1.56 bits per heavy atom. The van der Waals surface area contributed by atoms with Gasteiger partial charge in [-0.05, 0) is 0 Å². The summed E-state index contributed by atoms with van der Waals surface area (Å²) in [5.41, 5.74) is 4.96. The lowest BCUT2D eigenvalue weighted by atomic mass is 10.1. The number of esters is 2. The number of aliphatic hydroxyl groups is 2. The molecule has 0 amide bonds. The molecule has 0 bridgehead atoms. The Morgan fingerprint density at radius 3 is 2.69 bits per heavy atom. The Morgan fingerprint density at radius 2 is 2.19 bits per heavy atom. The quantitative estimate of drug-likeness (QED) is 0.339. The lowest BCUT2D eigenvalue weighted by Gasteiger charge is -2.19. The first kappa shape index (κ1) is 12.6. The Hall–Kier alpha value is -1.51. The van der Waals surface area contributed by atoms with Gasteiger partial charge in [0.25, 0.3) is 5.78 Å². The van der Waals surface area contributed by atoms with Crippen molar-refractivity contribution in [3.05, 3.63) is 0 Å². The van der Waals surface area contributed by atoms with Crippen molar-refractivity contribution in [1.82, 2.24) is 0 Å². The number of cyclic esters (lactones) is 1. The molecule has 8 heteroatoms. The van der Waals surface area contributed by atoms with Crippen LogP contribution in [0.4, 0.5) is 0 Å². The van der Waals surface area contributed by atoms with Crippen LogP contribution in [0.2, 0.25) is 0 Å². The molecule has 0 aromatic heterocycles. The fourth-order valence-corrected chi connectivity index (χ4v) is 1.20. The van der Waals surface area contributed by atoms with Gasteiger partial charge in [0.1, 0.15) is 6.10 Å². The summed E-state index contributed by atoms with van der Waals surface area (Å²) in [4.78, 5) is 33.0. The average molecular weight is 233 g/mol. The molecule has 1 heterocycles. The fourth-order valence-electron chi connectivity index (χ4n) is 1.20. The number of nitrogens with two attached hydrogens (primary N) is 1. The van der Waals surface area contributed by atoms with Gasteiger partial charge in [-0.3, -0.25) is 9.59 Å². The molecule has 0 saturated carbocycles. The summed E-state index contributed by atoms with van der Waals surface area (Å²) in [5.74, 6) is -3.21. The molecule has 0 aromatic rings. The van der Waals surface area contributed by atoms with E-state index < -0.39 is 49.2 Å². The number of hydrogen-bond donors (Lipinski definition) is 3. The predicted molar refractivity (Wildman–Crippen MR) is 46.9 cm³/mol. The monoisotopic (exact) mass is 233 g/mol. The van der Waals surface area contributed by atoms with Gasteiger partial charge in [0, 0.05) is 0 Å². The van der Waals surface area contributed by atoms with Crippen LogP contribution in [0.25, 0.3) is 0 Å². The third kappa shape index (κ3) is 2.35. The van der Waals surface area contributed by atoms with Gasteiger partial charge in [-0.25, -0.2) is 4.79 Å². The number of aliphatic hydroxyl groups excluding tert-OH is 2. The highest BCUT2D eigenvalue weighted by molar-refractivity contribution is 6.37. The van der Waals surface area contributed by atoms with Crippen LogP contribution >= 0.6 is 0 Å². The molecule has 0 radical (unpaired) electrons. The maximum absolute atomic E-state index is 11.2. The molecule has 1 fully saturated rings. The van der Waals surface area contributed by atoms with E-state index in [4.69, 9.17) is 10.8 Å². The van der Waals surface area contributed by atoms with Crippen molar-refractivity contribution in [2.24, 2.45) is 5.73 Å². The van der Waals surface area contributed by atoms with Crippen LogP contribution in [0.5, 0.6) is 0 Å². The average Bonchev–Trinajstić information content (AvgIpc) is 2.56. The molecule has 1 aliphatic rings. The smallest absolute Gasteiger partial charge is 0.379 e. The Kier molecular flexibility index (Phi) is 3.93. The highest BCUT2D eigenvalue weighted by Gasteiger charge is 2.49. The molecule has 8 nitrogen and oxygen atoms in total. The van der Waals surface area contributed by atoms with Crippen LogP contribution in [0.3, 0.4) is 0 Å². The molecule has 4 N–H and O–H groups in total. The largest absolute Gasteiger partial charge is 0.449 e. The highest BCUT2D eigenvalue weighted by Crippen LogP contribution is 2.18. The molecule has 1 unspecified atom stereocenters. The Bertz CT molecular complexity index is 316. The van der Waals surface area contributed by atoms with Crippen molar-refractivity contribution in [1.29, 1.82) is 0 Å². The van der Waals surface area contributed by atoms with Crippen molar-refractivity contribution in [2.75, 3.05) is 13.2 Å². The van der Waals surface area contributed by atoms with E-state index in [-0.39, 0.29) is 0 Å². The Labute approximate surface area is 89.9 Å². The Balaban J connectivity index is 2.79. The molecular weight excluding hydrogens is 222 g/mol. The topological polar surface area (TPSA) is 136 Å². The molecular formula is C8H11NO7. The number of ketones is 1. The number of ether oxygens (including phenoxy) is 2. The van der Waals surface area contributed by atoms with Crippen molar-refractivity contribution in [2.45, 2.75) is 18.3 Å². The van der Waals surface area contributed by atoms with Gasteiger partial charge in [0.15, 0.2) is 6.10 Å². The second-order valence-corrected chi connectivity index (χ2v) is 3.10. The molecule has 0 spiro atoms. The third-order valence-electron chi connectivity index (χ3n) is 1.99. The van der Waals surface area contributed by atoms with E-state index in [2.05, 4.69) is 9.47 Å². The number of rotatable bonds is 4. The summed E-state index contributed by atoms with van der Waals surface area (Å²) >= 11 is 0. The van der Waals surface area contributed by atoms with E-state index in [1.807, 2.05) is 0 Å². The van der Waals surface area contributed by atoms with Gasteiger partial charge in [0.2, 0.25) is 6.10 Å². The van der Waals surface area contributed by atoms with E-state index in [0.29, 0.717) is 0 Å². The second kappa shape index (κ2) is 5.01. The highest BCUT2D eigenvalue weighted by atomic mass is 16.6. The lowest BCUT2D eigenvalue weighted by molar-refractivity contribution is -0.159. The van der Waals surface area contributed by atoms with Crippen LogP contribution in [0.15, 0.2) is 0 Å². The van der Waals surface area contributed by atoms with Gasteiger partial charge in [-0.2, -0.15) is 0 Å². The van der Waals surface area contributed by atoms with Crippen LogP contribution < -0.4 is 5.73 Å². The first-order chi connectivity index (χ1) is 7.51. The van der Waals surface area contributed by atoms with Crippen LogP contribution in [-0.2, 0) is 23.9 Å². The molecule has 1 rings (SSSR count). The summed E-state index contributed by atoms with van der Waals surface area (Å²) in [6, 6.07) is 0. The minimum Gasteiger partial charge on any atom is -0.449 e. The summed E-state index contributed by atoms with van der Waals surface area (Å²) in [7, 11) is 0. The zero-order valence-corrected chi connectivity index (χ0v) is 8.16. The lowest BCUT2D eigenvalue weighted by Crippen LogP contribution is -2.42. The normalized spacial score (nSPS) is 26.4. The van der Waals surface area contributed by atoms with Crippen LogP contribution in [0, 0.1) is 0 Å². The zero-order chi connectivity index (χ0) is 12.3. The van der Waals surface area contributed by atoms with E-state index >= 15 is 0 Å². The molecule has 1 saturated heterocycles. The maximum atomic E-state index is 11.2. The summed E-state index contributed by atoms with van der Waals surface area (Å²) in [5, 5.41) is 17.9. The van der Waals surface area contributed by atoms with E-state index in [0.717, 1.165) is 0 Å². The number of Topliss-reactive ketones (excluding diaryl/α,β-unsaturated/α-hetero) is 1. The van der Waals surface area contributed by atoms with E-state index in [1.54, 1.807) is 0 Å². The van der Waals surface area contributed by atoms with E-state index in [1.165, 1.54) is 0 Å². The van der Waals surface area contributed by atoms with Crippen molar-refractivity contribution in [3.63, 3.8) is 0 Å². The standard InChI is InChI=1S/C8H11NO7/c9-1-4(12)15-7-5(13)8(14)16-6(7)3(11)2-10/h3,6-7,10-11H,1-2,9H2/t3-,6+,7?/m0/s1. The van der Waals surface area contributed by atoms with Crippen molar-refractivity contribution >= 4 is 17.7 Å². The minimum atomic E-state index is -1.55. The van der Waals surface area contributed by atoms with Crippen molar-refractivity contribution < 1.29 is 34.1 Å². The van der Waals surface area contributed by atoms with Gasteiger partial charge >= 0.3 is 11.9 Å². The van der Waals surface area contributed by atoms with Crippen molar-refractivity contribution in [3.8, 4) is 0 Å². The van der Waals surface area contributed by atoms with Gasteiger partial charge < -0.3 is 25.4 Å². The third-order valence-corrected chi connectivity index (χ3v) is 1.99. The maximum Gasteiger partial charge on any atom is 0.379 e. The first-order valence-electron chi connectivity index (χ1n) is 4.44. The number of hydrogen-bond acceptors (Lipinski definition) is 8. The van der Waals surface area contributed by atoms with Gasteiger partial charge in [-0.15, -0.1) is 0 Å². The zero-order valence-electron chi connectivity index (χ0n) is 8.16. The molecule has 3 atom stereocenters. The first-order valence-corrected chi connectivity index (χ1v) is 4.44. The van der Waals surface area contributed by atoms with Gasteiger partial charge in [-0.1, -0.05) is 0 Å². The summed E-state index contributed by atoms with van der Waals surface area (Å²) in [6.07, 6.45) is -4.43. The number of carbonyl (C=O) groups is 3. The predicted octanol–water partition coefficient (Wildman–Crippen LogP) is -3.30. The molecule has 0 aromatic carbocycles.